The average Bonchev–Trinajstić information content (AvgIpc) is 3.20. The summed E-state index contributed by atoms with van der Waals surface area (Å²) in [7, 11) is 0. The van der Waals surface area contributed by atoms with Gasteiger partial charge in [-0.05, 0) is 83.8 Å². The molecule has 1 aromatic heterocycles. The molecule has 0 saturated heterocycles. The smallest absolute Gasteiger partial charge is 0.272 e. The van der Waals surface area contributed by atoms with Crippen molar-refractivity contribution >= 4 is 21.8 Å². The van der Waals surface area contributed by atoms with Gasteiger partial charge in [-0.3, -0.25) is 4.79 Å². The van der Waals surface area contributed by atoms with Crippen LogP contribution < -0.4 is 10.1 Å². The van der Waals surface area contributed by atoms with Crippen molar-refractivity contribution < 1.29 is 9.53 Å². The van der Waals surface area contributed by atoms with Crippen molar-refractivity contribution in [1.29, 1.82) is 5.26 Å². The van der Waals surface area contributed by atoms with Gasteiger partial charge < -0.3 is 10.1 Å². The molecule has 138 valence electrons. The van der Waals surface area contributed by atoms with Crippen LogP contribution in [0, 0.1) is 23.2 Å². The van der Waals surface area contributed by atoms with Crippen molar-refractivity contribution in [3.63, 3.8) is 0 Å². The summed E-state index contributed by atoms with van der Waals surface area (Å²) in [5.74, 6) is 1.79. The molecule has 2 aromatic rings. The van der Waals surface area contributed by atoms with Gasteiger partial charge >= 0.3 is 0 Å². The Morgan fingerprint density at radius 3 is 2.63 bits per heavy atom. The van der Waals surface area contributed by atoms with E-state index in [2.05, 4.69) is 37.5 Å². The number of nitrogens with zero attached hydrogens (tertiary/aromatic N) is 3. The quantitative estimate of drug-likeness (QED) is 0.808. The number of halogens is 1. The van der Waals surface area contributed by atoms with Crippen molar-refractivity contribution in [2.75, 3.05) is 0 Å². The van der Waals surface area contributed by atoms with Gasteiger partial charge in [0.25, 0.3) is 5.91 Å². The molecule has 2 atom stereocenters. The van der Waals surface area contributed by atoms with E-state index in [1.807, 2.05) is 12.1 Å². The largest absolute Gasteiger partial charge is 0.490 e. The Bertz CT molecular complexity index is 869. The van der Waals surface area contributed by atoms with Crippen LogP contribution in [0.5, 0.6) is 5.75 Å². The van der Waals surface area contributed by atoms with Crippen molar-refractivity contribution in [2.45, 2.75) is 37.8 Å². The number of carbonyl (C=O) groups excluding carboxylic acids is 1. The second kappa shape index (κ2) is 7.65. The van der Waals surface area contributed by atoms with E-state index in [4.69, 9.17) is 10.00 Å². The highest BCUT2D eigenvalue weighted by atomic mass is 79.9. The molecule has 2 fully saturated rings. The summed E-state index contributed by atoms with van der Waals surface area (Å²) in [5.41, 5.74) is 0.967. The molecule has 1 N–H and O–H groups in total. The van der Waals surface area contributed by atoms with Crippen molar-refractivity contribution in [3.8, 4) is 11.8 Å². The maximum absolute atomic E-state index is 12.2. The van der Waals surface area contributed by atoms with E-state index in [-0.39, 0.29) is 18.1 Å². The molecule has 0 bridgehead atoms. The molecule has 1 aromatic carbocycles. The first kappa shape index (κ1) is 17.9. The van der Waals surface area contributed by atoms with Gasteiger partial charge in [0, 0.05) is 16.7 Å². The van der Waals surface area contributed by atoms with E-state index in [0.717, 1.165) is 35.9 Å². The van der Waals surface area contributed by atoms with Crippen LogP contribution in [0.25, 0.3) is 0 Å². The molecule has 0 radical (unpaired) electrons. The van der Waals surface area contributed by atoms with E-state index >= 15 is 0 Å². The lowest BCUT2D eigenvalue weighted by atomic mass is 10.0. The van der Waals surface area contributed by atoms with Crippen molar-refractivity contribution in [2.24, 2.45) is 11.8 Å². The van der Waals surface area contributed by atoms with Crippen LogP contribution in [-0.4, -0.2) is 28.3 Å². The van der Waals surface area contributed by atoms with Crippen LogP contribution in [0.3, 0.4) is 0 Å². The molecule has 1 amide bonds. The lowest BCUT2D eigenvalue weighted by molar-refractivity contribution is 0.0928. The maximum atomic E-state index is 12.2. The first-order valence-electron chi connectivity index (χ1n) is 9.07. The normalized spacial score (nSPS) is 26.2. The minimum absolute atomic E-state index is 0.150. The fraction of sp³-hybridized carbons (Fsp3) is 0.400. The van der Waals surface area contributed by atoms with E-state index in [0.29, 0.717) is 23.1 Å². The highest BCUT2D eigenvalue weighted by Gasteiger charge is 2.43. The summed E-state index contributed by atoms with van der Waals surface area (Å²) in [6.45, 7) is 0. The van der Waals surface area contributed by atoms with Gasteiger partial charge in [0.15, 0.2) is 5.69 Å². The summed E-state index contributed by atoms with van der Waals surface area (Å²) in [6, 6.07) is 11.2. The monoisotopic (exact) mass is 426 g/mol. The van der Waals surface area contributed by atoms with E-state index in [9.17, 15) is 4.79 Å². The van der Waals surface area contributed by atoms with Crippen LogP contribution >= 0.6 is 15.9 Å². The highest BCUT2D eigenvalue weighted by Crippen LogP contribution is 2.45. The Morgan fingerprint density at radius 1 is 1.22 bits per heavy atom. The minimum Gasteiger partial charge on any atom is -0.490 e. The molecule has 6 nitrogen and oxygen atoms in total. The molecular weight excluding hydrogens is 408 g/mol. The fourth-order valence-electron chi connectivity index (χ4n) is 4.31. The number of amides is 1. The second-order valence-corrected chi connectivity index (χ2v) is 8.09. The molecule has 2 aliphatic rings. The average molecular weight is 427 g/mol. The molecule has 7 heteroatoms. The second-order valence-electron chi connectivity index (χ2n) is 7.24. The Morgan fingerprint density at radius 2 is 2.00 bits per heavy atom. The van der Waals surface area contributed by atoms with Gasteiger partial charge in [-0.2, -0.15) is 10.4 Å². The van der Waals surface area contributed by atoms with Crippen LogP contribution in [0.1, 0.15) is 41.7 Å². The molecule has 27 heavy (non-hydrogen) atoms. The number of hydrogen-bond acceptors (Lipinski definition) is 5. The third-order valence-corrected chi connectivity index (χ3v) is 6.13. The van der Waals surface area contributed by atoms with E-state index < -0.39 is 0 Å². The summed E-state index contributed by atoms with van der Waals surface area (Å²) in [6.07, 6.45) is 5.71. The lowest BCUT2D eigenvalue weighted by Crippen LogP contribution is -2.34. The van der Waals surface area contributed by atoms with Gasteiger partial charge in [-0.15, -0.1) is 5.10 Å². The number of aromatic nitrogens is 2. The molecule has 2 aliphatic carbocycles. The van der Waals surface area contributed by atoms with Gasteiger partial charge in [0.1, 0.15) is 11.8 Å². The molecule has 2 saturated carbocycles. The van der Waals surface area contributed by atoms with Crippen LogP contribution in [-0.2, 0) is 0 Å². The fourth-order valence-corrected chi connectivity index (χ4v) is 4.76. The minimum atomic E-state index is -0.150. The van der Waals surface area contributed by atoms with E-state index in [1.165, 1.54) is 0 Å². The molecule has 0 spiro atoms. The molecular formula is C20H19BrN4O2. The van der Waals surface area contributed by atoms with E-state index in [1.54, 1.807) is 24.4 Å². The zero-order valence-electron chi connectivity index (χ0n) is 14.6. The van der Waals surface area contributed by atoms with Gasteiger partial charge in [-0.1, -0.05) is 0 Å². The first-order chi connectivity index (χ1) is 13.1. The number of benzene rings is 1. The van der Waals surface area contributed by atoms with Crippen LogP contribution in [0.4, 0.5) is 0 Å². The van der Waals surface area contributed by atoms with Gasteiger partial charge in [0.2, 0.25) is 0 Å². The van der Waals surface area contributed by atoms with Gasteiger partial charge in [-0.25, -0.2) is 0 Å². The Balaban J connectivity index is 1.30. The zero-order valence-corrected chi connectivity index (χ0v) is 16.2. The summed E-state index contributed by atoms with van der Waals surface area (Å²) < 4.78 is 6.89. The lowest BCUT2D eigenvalue weighted by Gasteiger charge is -2.18. The Kier molecular flexibility index (Phi) is 5.08. The third kappa shape index (κ3) is 3.96. The predicted molar refractivity (Wildman–Crippen MR) is 102 cm³/mol. The number of hydrogen-bond donors (Lipinski definition) is 1. The summed E-state index contributed by atoms with van der Waals surface area (Å²) >= 11 is 3.40. The molecule has 1 heterocycles. The highest BCUT2D eigenvalue weighted by molar-refractivity contribution is 9.10. The Labute approximate surface area is 166 Å². The SMILES string of the molecule is N#Cc1ccc(OC2CC3CC(NC(=O)c4cccnn4)CC3C2)cc1Br. The number of fused-ring (bicyclic) bond motifs is 1. The Hall–Kier alpha value is -2.46. The standard InChI is InChI=1S/C20H19BrN4O2/c21-18-10-16(4-3-12(18)11-22)27-17-8-13-6-15(7-14(13)9-17)24-20(26)19-2-1-5-23-25-19/h1-5,10,13-15,17H,6-9H2,(H,24,26). The van der Waals surface area contributed by atoms with Crippen molar-refractivity contribution in [3.05, 3.63) is 52.3 Å². The summed E-state index contributed by atoms with van der Waals surface area (Å²) in [4.78, 5) is 12.2. The van der Waals surface area contributed by atoms with Crippen molar-refractivity contribution in [1.82, 2.24) is 15.5 Å². The molecule has 0 aliphatic heterocycles. The molecule has 2 unspecified atom stereocenters. The number of ether oxygens (including phenoxy) is 1. The van der Waals surface area contributed by atoms with Crippen LogP contribution in [0.15, 0.2) is 41.0 Å². The zero-order chi connectivity index (χ0) is 18.8. The molecule has 4 rings (SSSR count). The summed E-state index contributed by atoms with van der Waals surface area (Å²) in [5, 5.41) is 19.7. The first-order valence-corrected chi connectivity index (χ1v) is 9.86. The predicted octanol–water partition coefficient (Wildman–Crippen LogP) is 3.48. The topological polar surface area (TPSA) is 87.9 Å². The number of rotatable bonds is 4. The van der Waals surface area contributed by atoms with Gasteiger partial charge in [0.05, 0.1) is 11.7 Å². The maximum Gasteiger partial charge on any atom is 0.272 e. The number of nitriles is 1. The number of carbonyl (C=O) groups is 1. The number of nitrogens with one attached hydrogen (secondary N) is 1. The van der Waals surface area contributed by atoms with Crippen LogP contribution in [0.2, 0.25) is 0 Å². The third-order valence-electron chi connectivity index (χ3n) is 5.48.